The average Bonchev–Trinajstić information content (AvgIpc) is 2.37. The van der Waals surface area contributed by atoms with E-state index in [1.165, 1.54) is 38.5 Å². The Morgan fingerprint density at radius 1 is 1.33 bits per heavy atom. The van der Waals surface area contributed by atoms with Crippen molar-refractivity contribution in [2.24, 2.45) is 5.92 Å². The van der Waals surface area contributed by atoms with Crippen molar-refractivity contribution in [3.05, 3.63) is 0 Å². The fraction of sp³-hybridized carbons (Fsp3) is 0.933. The van der Waals surface area contributed by atoms with Gasteiger partial charge in [0.1, 0.15) is 0 Å². The molecule has 1 aliphatic carbocycles. The van der Waals surface area contributed by atoms with Crippen LogP contribution in [0.5, 0.6) is 0 Å². The minimum absolute atomic E-state index is 0.228. The topological polar surface area (TPSA) is 40.5 Å². The largest absolute Gasteiger partial charge is 0.393 e. The summed E-state index contributed by atoms with van der Waals surface area (Å²) in [7, 11) is 1.84. The third kappa shape index (κ3) is 6.39. The lowest BCUT2D eigenvalue weighted by Gasteiger charge is -2.22. The molecule has 18 heavy (non-hydrogen) atoms. The highest BCUT2D eigenvalue weighted by molar-refractivity contribution is 5.75. The molecule has 1 unspecified atom stereocenters. The second-order valence-corrected chi connectivity index (χ2v) is 5.85. The van der Waals surface area contributed by atoms with Crippen molar-refractivity contribution in [3.63, 3.8) is 0 Å². The summed E-state index contributed by atoms with van der Waals surface area (Å²) in [6.07, 6.45) is 10.2. The minimum Gasteiger partial charge on any atom is -0.393 e. The first-order valence-electron chi connectivity index (χ1n) is 7.51. The second-order valence-electron chi connectivity index (χ2n) is 5.85. The first-order valence-corrected chi connectivity index (χ1v) is 7.51. The molecule has 106 valence electrons. The van der Waals surface area contributed by atoms with Gasteiger partial charge in [0.25, 0.3) is 0 Å². The number of aliphatic hydroxyl groups excluding tert-OH is 1. The Hall–Kier alpha value is -0.570. The van der Waals surface area contributed by atoms with E-state index in [-0.39, 0.29) is 12.0 Å². The zero-order valence-electron chi connectivity index (χ0n) is 12.0. The van der Waals surface area contributed by atoms with Crippen molar-refractivity contribution in [1.29, 1.82) is 0 Å². The quantitative estimate of drug-likeness (QED) is 0.760. The Balaban J connectivity index is 2.08. The summed E-state index contributed by atoms with van der Waals surface area (Å²) < 4.78 is 0. The van der Waals surface area contributed by atoms with Crippen LogP contribution in [0.15, 0.2) is 0 Å². The van der Waals surface area contributed by atoms with E-state index >= 15 is 0 Å². The van der Waals surface area contributed by atoms with E-state index in [1.54, 1.807) is 11.8 Å². The fourth-order valence-electron chi connectivity index (χ4n) is 2.71. The lowest BCUT2D eigenvalue weighted by molar-refractivity contribution is -0.130. The lowest BCUT2D eigenvalue weighted by atomic mass is 9.86. The maximum atomic E-state index is 11.8. The van der Waals surface area contributed by atoms with Crippen LogP contribution in [0, 0.1) is 5.92 Å². The molecule has 0 aromatic heterocycles. The van der Waals surface area contributed by atoms with Gasteiger partial charge in [0.15, 0.2) is 0 Å². The Morgan fingerprint density at radius 2 is 2.00 bits per heavy atom. The van der Waals surface area contributed by atoms with Crippen LogP contribution in [0.1, 0.15) is 64.7 Å². The second kappa shape index (κ2) is 8.52. The van der Waals surface area contributed by atoms with E-state index in [9.17, 15) is 9.90 Å². The normalized spacial score (nSPS) is 18.6. The van der Waals surface area contributed by atoms with Crippen LogP contribution >= 0.6 is 0 Å². The van der Waals surface area contributed by atoms with Crippen LogP contribution in [0.4, 0.5) is 0 Å². The van der Waals surface area contributed by atoms with E-state index in [4.69, 9.17) is 0 Å². The van der Waals surface area contributed by atoms with Gasteiger partial charge in [-0.25, -0.2) is 0 Å². The summed E-state index contributed by atoms with van der Waals surface area (Å²) in [5, 5.41) is 9.19. The first kappa shape index (κ1) is 15.5. The highest BCUT2D eigenvalue weighted by Gasteiger charge is 2.14. The van der Waals surface area contributed by atoms with E-state index in [2.05, 4.69) is 0 Å². The van der Waals surface area contributed by atoms with Crippen molar-refractivity contribution < 1.29 is 9.90 Å². The summed E-state index contributed by atoms with van der Waals surface area (Å²) in [5.74, 6) is 1.10. The molecule has 0 bridgehead atoms. The summed E-state index contributed by atoms with van der Waals surface area (Å²) in [5.41, 5.74) is 0. The summed E-state index contributed by atoms with van der Waals surface area (Å²) >= 11 is 0. The molecule has 3 nitrogen and oxygen atoms in total. The van der Waals surface area contributed by atoms with E-state index < -0.39 is 0 Å². The van der Waals surface area contributed by atoms with Gasteiger partial charge in [-0.2, -0.15) is 0 Å². The van der Waals surface area contributed by atoms with Gasteiger partial charge in [-0.3, -0.25) is 4.79 Å². The van der Waals surface area contributed by atoms with Gasteiger partial charge in [0, 0.05) is 20.0 Å². The molecule has 1 rings (SSSR count). The standard InChI is InChI=1S/C15H29NO2/c1-13(17)11-12-16(2)15(18)10-6-9-14-7-4-3-5-8-14/h13-14,17H,3-12H2,1-2H3. The number of carbonyl (C=O) groups is 1. The van der Waals surface area contributed by atoms with E-state index in [0.29, 0.717) is 19.4 Å². The van der Waals surface area contributed by atoms with Gasteiger partial charge in [0.05, 0.1) is 6.10 Å². The highest BCUT2D eigenvalue weighted by atomic mass is 16.3. The molecule has 1 saturated carbocycles. The molecule has 1 aliphatic rings. The molecular weight excluding hydrogens is 226 g/mol. The molecule has 1 fully saturated rings. The number of hydrogen-bond acceptors (Lipinski definition) is 2. The summed E-state index contributed by atoms with van der Waals surface area (Å²) in [4.78, 5) is 13.6. The number of rotatable bonds is 7. The molecule has 0 spiro atoms. The predicted molar refractivity (Wildman–Crippen MR) is 74.4 cm³/mol. The minimum atomic E-state index is -0.317. The zero-order valence-corrected chi connectivity index (χ0v) is 12.0. The van der Waals surface area contributed by atoms with Gasteiger partial charge in [0.2, 0.25) is 5.91 Å². The molecule has 3 heteroatoms. The van der Waals surface area contributed by atoms with Crippen molar-refractivity contribution >= 4 is 5.91 Å². The number of hydrogen-bond donors (Lipinski definition) is 1. The van der Waals surface area contributed by atoms with Crippen LogP contribution in [0.3, 0.4) is 0 Å². The fourth-order valence-corrected chi connectivity index (χ4v) is 2.71. The number of aliphatic hydroxyl groups is 1. The van der Waals surface area contributed by atoms with Crippen molar-refractivity contribution in [2.45, 2.75) is 70.8 Å². The van der Waals surface area contributed by atoms with E-state index in [1.807, 2.05) is 7.05 Å². The van der Waals surface area contributed by atoms with Crippen LogP contribution < -0.4 is 0 Å². The lowest BCUT2D eigenvalue weighted by Crippen LogP contribution is -2.29. The maximum Gasteiger partial charge on any atom is 0.222 e. The predicted octanol–water partition coefficient (Wildman–Crippen LogP) is 2.97. The molecular formula is C15H29NO2. The number of nitrogens with zero attached hydrogens (tertiary/aromatic N) is 1. The molecule has 0 aromatic carbocycles. The molecule has 0 aliphatic heterocycles. The van der Waals surface area contributed by atoms with Crippen molar-refractivity contribution in [3.8, 4) is 0 Å². The van der Waals surface area contributed by atoms with Crippen LogP contribution in [-0.2, 0) is 4.79 Å². The van der Waals surface area contributed by atoms with E-state index in [0.717, 1.165) is 12.3 Å². The van der Waals surface area contributed by atoms with Gasteiger partial charge in [-0.15, -0.1) is 0 Å². The monoisotopic (exact) mass is 255 g/mol. The zero-order chi connectivity index (χ0) is 13.4. The first-order chi connectivity index (χ1) is 8.59. The molecule has 1 N–H and O–H groups in total. The molecule has 1 amide bonds. The van der Waals surface area contributed by atoms with Crippen LogP contribution in [0.2, 0.25) is 0 Å². The smallest absolute Gasteiger partial charge is 0.222 e. The molecule has 0 heterocycles. The summed E-state index contributed by atoms with van der Waals surface area (Å²) in [6, 6.07) is 0. The Morgan fingerprint density at radius 3 is 2.61 bits per heavy atom. The summed E-state index contributed by atoms with van der Waals surface area (Å²) in [6.45, 7) is 2.43. The SMILES string of the molecule is CC(O)CCN(C)C(=O)CCCC1CCCCC1. The Bertz CT molecular complexity index is 235. The van der Waals surface area contributed by atoms with Crippen molar-refractivity contribution in [1.82, 2.24) is 4.90 Å². The van der Waals surface area contributed by atoms with Gasteiger partial charge >= 0.3 is 0 Å². The Kier molecular flexibility index (Phi) is 7.33. The number of carbonyl (C=O) groups excluding carboxylic acids is 1. The van der Waals surface area contributed by atoms with Gasteiger partial charge in [-0.1, -0.05) is 32.1 Å². The van der Waals surface area contributed by atoms with Crippen LogP contribution in [-0.4, -0.2) is 35.6 Å². The van der Waals surface area contributed by atoms with Gasteiger partial charge in [-0.05, 0) is 32.1 Å². The Labute approximate surface area is 112 Å². The third-order valence-electron chi connectivity index (χ3n) is 4.04. The molecule has 0 saturated heterocycles. The molecule has 1 atom stereocenters. The maximum absolute atomic E-state index is 11.8. The van der Waals surface area contributed by atoms with Crippen LogP contribution in [0.25, 0.3) is 0 Å². The molecule has 0 radical (unpaired) electrons. The number of amides is 1. The average molecular weight is 255 g/mol. The highest BCUT2D eigenvalue weighted by Crippen LogP contribution is 2.27. The third-order valence-corrected chi connectivity index (χ3v) is 4.04. The van der Waals surface area contributed by atoms with Gasteiger partial charge < -0.3 is 10.0 Å². The molecule has 0 aromatic rings. The van der Waals surface area contributed by atoms with Crippen molar-refractivity contribution in [2.75, 3.05) is 13.6 Å².